The lowest BCUT2D eigenvalue weighted by Crippen LogP contribution is -2.28. The lowest BCUT2D eigenvalue weighted by Gasteiger charge is -2.13. The summed E-state index contributed by atoms with van der Waals surface area (Å²) in [5.41, 5.74) is 2.39. The molecule has 3 rings (SSSR count). The number of anilines is 1. The molecule has 0 aliphatic rings. The lowest BCUT2D eigenvalue weighted by molar-refractivity contribution is 0.0944. The Bertz CT molecular complexity index is 1270. The van der Waals surface area contributed by atoms with Gasteiger partial charge in [0.2, 0.25) is 0 Å². The minimum absolute atomic E-state index is 0.0659. The lowest BCUT2D eigenvalue weighted by atomic mass is 10.1. The average Bonchev–Trinajstić information content (AvgIpc) is 2.74. The van der Waals surface area contributed by atoms with Gasteiger partial charge in [0.25, 0.3) is 15.9 Å². The number of benzene rings is 3. The van der Waals surface area contributed by atoms with Gasteiger partial charge in [-0.25, -0.2) is 12.8 Å². The van der Waals surface area contributed by atoms with Gasteiger partial charge in [-0.05, 0) is 67.4 Å². The van der Waals surface area contributed by atoms with E-state index in [1.807, 2.05) is 19.9 Å². The highest BCUT2D eigenvalue weighted by Crippen LogP contribution is 2.20. The molecule has 3 aromatic carbocycles. The topological polar surface area (TPSA) is 99.1 Å². The van der Waals surface area contributed by atoms with E-state index in [-0.39, 0.29) is 21.7 Å². The zero-order chi connectivity index (χ0) is 22.6. The number of aryl methyl sites for hydroxylation is 2. The van der Waals surface area contributed by atoms with E-state index in [2.05, 4.69) is 10.0 Å². The second-order valence-corrected chi connectivity index (χ2v) is 8.67. The summed E-state index contributed by atoms with van der Waals surface area (Å²) in [6.45, 7) is 3.73. The maximum Gasteiger partial charge on any atom is 0.261 e. The predicted molar refractivity (Wildman–Crippen MR) is 115 cm³/mol. The highest BCUT2D eigenvalue weighted by molar-refractivity contribution is 7.92. The third-order valence-electron chi connectivity index (χ3n) is 4.81. The van der Waals surface area contributed by atoms with Crippen molar-refractivity contribution < 1.29 is 17.6 Å². The van der Waals surface area contributed by atoms with Crippen LogP contribution in [0.4, 0.5) is 10.1 Å². The number of hydrogen-bond acceptors (Lipinski definition) is 4. The van der Waals surface area contributed by atoms with Gasteiger partial charge in [-0.2, -0.15) is 5.26 Å². The first-order chi connectivity index (χ1) is 14.7. The van der Waals surface area contributed by atoms with Crippen LogP contribution in [0.2, 0.25) is 0 Å². The molecule has 1 amide bonds. The van der Waals surface area contributed by atoms with Crippen molar-refractivity contribution in [2.75, 3.05) is 4.72 Å². The van der Waals surface area contributed by atoms with Crippen molar-refractivity contribution in [2.45, 2.75) is 24.8 Å². The van der Waals surface area contributed by atoms with E-state index in [9.17, 15) is 22.9 Å². The third-order valence-corrected chi connectivity index (χ3v) is 6.19. The van der Waals surface area contributed by atoms with Crippen LogP contribution in [-0.2, 0) is 10.0 Å². The molecule has 0 heterocycles. The number of carbonyl (C=O) groups is 1. The number of nitrogens with zero attached hydrogens (tertiary/aromatic N) is 1. The van der Waals surface area contributed by atoms with Crippen molar-refractivity contribution in [1.82, 2.24) is 5.32 Å². The van der Waals surface area contributed by atoms with Crippen LogP contribution in [0.3, 0.4) is 0 Å². The van der Waals surface area contributed by atoms with Crippen molar-refractivity contribution in [3.05, 3.63) is 94.8 Å². The molecule has 0 radical (unpaired) electrons. The Morgan fingerprint density at radius 1 is 1.00 bits per heavy atom. The van der Waals surface area contributed by atoms with E-state index in [0.717, 1.165) is 11.1 Å². The second kappa shape index (κ2) is 8.98. The fourth-order valence-electron chi connectivity index (χ4n) is 2.89. The van der Waals surface area contributed by atoms with Crippen molar-refractivity contribution in [3.8, 4) is 6.07 Å². The molecule has 3 aromatic rings. The molecule has 0 bridgehead atoms. The van der Waals surface area contributed by atoms with Crippen LogP contribution in [0.5, 0.6) is 0 Å². The van der Waals surface area contributed by atoms with Crippen LogP contribution < -0.4 is 10.0 Å². The third kappa shape index (κ3) is 5.08. The first kappa shape index (κ1) is 22.0. The Kier molecular flexibility index (Phi) is 6.37. The number of nitrogens with one attached hydrogen (secondary N) is 2. The summed E-state index contributed by atoms with van der Waals surface area (Å²) in [7, 11) is -3.78. The van der Waals surface area contributed by atoms with Gasteiger partial charge in [0.1, 0.15) is 11.9 Å². The van der Waals surface area contributed by atoms with Crippen LogP contribution in [0.15, 0.2) is 71.6 Å². The van der Waals surface area contributed by atoms with Crippen molar-refractivity contribution >= 4 is 21.6 Å². The van der Waals surface area contributed by atoms with Crippen molar-refractivity contribution in [3.63, 3.8) is 0 Å². The Morgan fingerprint density at radius 2 is 1.68 bits per heavy atom. The summed E-state index contributed by atoms with van der Waals surface area (Å²) in [5, 5.41) is 11.8. The zero-order valence-electron chi connectivity index (χ0n) is 16.9. The molecular formula is C23H20FN3O3S. The van der Waals surface area contributed by atoms with Gasteiger partial charge in [-0.3, -0.25) is 9.52 Å². The number of amides is 1. The molecule has 1 unspecified atom stereocenters. The number of carbonyl (C=O) groups excluding carboxylic acids is 1. The number of halogens is 1. The SMILES string of the molecule is Cc1ccc(S(=O)(=O)Nc2ccc(C(=O)NC(C#N)c3ccccc3F)cc2)cc1C. The van der Waals surface area contributed by atoms with Gasteiger partial charge >= 0.3 is 0 Å². The highest BCUT2D eigenvalue weighted by atomic mass is 32.2. The summed E-state index contributed by atoms with van der Waals surface area (Å²) < 4.78 is 41.6. The second-order valence-electron chi connectivity index (χ2n) is 6.99. The highest BCUT2D eigenvalue weighted by Gasteiger charge is 2.19. The van der Waals surface area contributed by atoms with Crippen LogP contribution in [0, 0.1) is 31.0 Å². The van der Waals surface area contributed by atoms with Gasteiger partial charge in [-0.15, -0.1) is 0 Å². The molecule has 158 valence electrons. The number of nitriles is 1. The maximum atomic E-state index is 13.9. The van der Waals surface area contributed by atoms with Crippen LogP contribution in [0.25, 0.3) is 0 Å². The van der Waals surface area contributed by atoms with E-state index < -0.39 is 27.8 Å². The molecule has 0 saturated carbocycles. The molecule has 2 N–H and O–H groups in total. The number of sulfonamides is 1. The largest absolute Gasteiger partial charge is 0.332 e. The monoisotopic (exact) mass is 437 g/mol. The van der Waals surface area contributed by atoms with E-state index in [4.69, 9.17) is 0 Å². The molecule has 0 aliphatic heterocycles. The normalized spacial score (nSPS) is 11.9. The molecule has 0 saturated heterocycles. The van der Waals surface area contributed by atoms with E-state index in [1.54, 1.807) is 18.2 Å². The van der Waals surface area contributed by atoms with Gasteiger partial charge in [-0.1, -0.05) is 24.3 Å². The standard InChI is InChI=1S/C23H20FN3O3S/c1-15-7-12-19(13-16(15)2)31(29,30)27-18-10-8-17(9-11-18)23(28)26-22(14-25)20-5-3-4-6-21(20)24/h3-13,22,27H,1-2H3,(H,26,28). The molecule has 0 aromatic heterocycles. The summed E-state index contributed by atoms with van der Waals surface area (Å²) in [4.78, 5) is 12.6. The Labute approximate surface area is 180 Å². The van der Waals surface area contributed by atoms with Crippen LogP contribution in [-0.4, -0.2) is 14.3 Å². The molecule has 0 fully saturated rings. The Morgan fingerprint density at radius 3 is 2.29 bits per heavy atom. The summed E-state index contributed by atoms with van der Waals surface area (Å²) in [6.07, 6.45) is 0. The smallest absolute Gasteiger partial charge is 0.261 e. The van der Waals surface area contributed by atoms with Crippen molar-refractivity contribution in [1.29, 1.82) is 5.26 Å². The first-order valence-electron chi connectivity index (χ1n) is 9.36. The van der Waals surface area contributed by atoms with E-state index >= 15 is 0 Å². The predicted octanol–water partition coefficient (Wildman–Crippen LogP) is 4.24. The van der Waals surface area contributed by atoms with Gasteiger partial charge < -0.3 is 5.32 Å². The fraction of sp³-hybridized carbons (Fsp3) is 0.130. The molecule has 6 nitrogen and oxygen atoms in total. The number of rotatable bonds is 6. The Balaban J connectivity index is 1.73. The van der Waals surface area contributed by atoms with Crippen LogP contribution in [0.1, 0.15) is 33.1 Å². The van der Waals surface area contributed by atoms with E-state index in [1.165, 1.54) is 48.5 Å². The minimum Gasteiger partial charge on any atom is -0.332 e. The molecule has 1 atom stereocenters. The fourth-order valence-corrected chi connectivity index (χ4v) is 4.03. The molecule has 31 heavy (non-hydrogen) atoms. The summed E-state index contributed by atoms with van der Waals surface area (Å²) in [5.74, 6) is -1.18. The average molecular weight is 437 g/mol. The summed E-state index contributed by atoms with van der Waals surface area (Å²) in [6, 6.07) is 17.0. The summed E-state index contributed by atoms with van der Waals surface area (Å²) >= 11 is 0. The minimum atomic E-state index is -3.78. The quantitative estimate of drug-likeness (QED) is 0.603. The van der Waals surface area contributed by atoms with E-state index in [0.29, 0.717) is 0 Å². The zero-order valence-corrected chi connectivity index (χ0v) is 17.7. The van der Waals surface area contributed by atoms with Crippen molar-refractivity contribution in [2.24, 2.45) is 0 Å². The molecule has 0 aliphatic carbocycles. The molecular weight excluding hydrogens is 417 g/mol. The van der Waals surface area contributed by atoms with Crippen LogP contribution >= 0.6 is 0 Å². The van der Waals surface area contributed by atoms with Gasteiger partial charge in [0, 0.05) is 16.8 Å². The van der Waals surface area contributed by atoms with Gasteiger partial charge in [0.05, 0.1) is 11.0 Å². The Hall–Kier alpha value is -3.70. The molecule has 0 spiro atoms. The first-order valence-corrected chi connectivity index (χ1v) is 10.8. The van der Waals surface area contributed by atoms with Gasteiger partial charge in [0.15, 0.2) is 0 Å². The molecule has 8 heteroatoms. The maximum absolute atomic E-state index is 13.9. The number of hydrogen-bond donors (Lipinski definition) is 2.